The molecule has 0 bridgehead atoms. The first-order chi connectivity index (χ1) is 13.0. The van der Waals surface area contributed by atoms with Crippen molar-refractivity contribution in [2.24, 2.45) is 0 Å². The highest BCUT2D eigenvalue weighted by atomic mass is 35.5. The molecule has 0 spiro atoms. The molecule has 0 fully saturated rings. The predicted octanol–water partition coefficient (Wildman–Crippen LogP) is 4.72. The Labute approximate surface area is 166 Å². The van der Waals surface area contributed by atoms with Gasteiger partial charge in [-0.25, -0.2) is 0 Å². The molecule has 0 saturated carbocycles. The van der Waals surface area contributed by atoms with Gasteiger partial charge in [0.2, 0.25) is 0 Å². The molecule has 0 aliphatic carbocycles. The maximum atomic E-state index is 12.4. The van der Waals surface area contributed by atoms with Crippen LogP contribution in [0.3, 0.4) is 0 Å². The second kappa shape index (κ2) is 8.24. The van der Waals surface area contributed by atoms with E-state index in [1.54, 1.807) is 30.3 Å². The number of hydrogen-bond acceptors (Lipinski definition) is 4. The fourth-order valence-corrected chi connectivity index (χ4v) is 3.06. The van der Waals surface area contributed by atoms with Crippen LogP contribution in [0.5, 0.6) is 11.5 Å². The van der Waals surface area contributed by atoms with E-state index in [0.29, 0.717) is 22.9 Å². The van der Waals surface area contributed by atoms with Crippen LogP contribution in [0.2, 0.25) is 5.02 Å². The van der Waals surface area contributed by atoms with E-state index in [4.69, 9.17) is 28.6 Å². The zero-order valence-corrected chi connectivity index (χ0v) is 16.0. The lowest BCUT2D eigenvalue weighted by atomic mass is 10.1. The van der Waals surface area contributed by atoms with Crippen molar-refractivity contribution in [3.05, 3.63) is 65.2 Å². The molecule has 1 amide bonds. The molecule has 3 aromatic rings. The van der Waals surface area contributed by atoms with Gasteiger partial charge >= 0.3 is 0 Å². The fraction of sp³-hybridized carbons (Fsp3) is 0.100. The van der Waals surface area contributed by atoms with Gasteiger partial charge in [-0.05, 0) is 67.0 Å². The first-order valence-electron chi connectivity index (χ1n) is 8.24. The average molecular weight is 401 g/mol. The third-order valence-corrected chi connectivity index (χ3v) is 4.33. The molecular weight excluding hydrogens is 384 g/mol. The van der Waals surface area contributed by atoms with Gasteiger partial charge in [-0.1, -0.05) is 23.7 Å². The molecule has 0 aliphatic heterocycles. The Morgan fingerprint density at radius 1 is 1.19 bits per heavy atom. The molecule has 27 heavy (non-hydrogen) atoms. The molecule has 7 heteroatoms. The third-order valence-electron chi connectivity index (χ3n) is 3.83. The van der Waals surface area contributed by atoms with Crippen molar-refractivity contribution in [2.75, 3.05) is 11.9 Å². The van der Waals surface area contributed by atoms with Crippen LogP contribution in [0.15, 0.2) is 54.6 Å². The number of benzene rings is 3. The zero-order valence-electron chi connectivity index (χ0n) is 14.5. The van der Waals surface area contributed by atoms with Gasteiger partial charge in [0.1, 0.15) is 11.5 Å². The Bertz CT molecular complexity index is 1020. The van der Waals surface area contributed by atoms with Crippen LogP contribution in [0, 0.1) is 0 Å². The number of aromatic hydroxyl groups is 1. The second-order valence-corrected chi connectivity index (χ2v) is 6.51. The number of nitrogens with one attached hydrogen (secondary N) is 2. The van der Waals surface area contributed by atoms with Crippen LogP contribution >= 0.6 is 23.8 Å². The highest BCUT2D eigenvalue weighted by Gasteiger charge is 2.12. The van der Waals surface area contributed by atoms with Gasteiger partial charge in [0.05, 0.1) is 11.6 Å². The lowest BCUT2D eigenvalue weighted by Gasteiger charge is -2.13. The maximum absolute atomic E-state index is 12.4. The number of carbonyl (C=O) groups excluding carboxylic acids is 1. The lowest BCUT2D eigenvalue weighted by molar-refractivity contribution is 0.0977. The molecule has 3 rings (SSSR count). The molecule has 5 nitrogen and oxygen atoms in total. The Kier molecular flexibility index (Phi) is 5.78. The summed E-state index contributed by atoms with van der Waals surface area (Å²) in [6.07, 6.45) is 0. The summed E-state index contributed by atoms with van der Waals surface area (Å²) < 4.78 is 5.36. The first-order valence-corrected chi connectivity index (χ1v) is 9.03. The minimum atomic E-state index is -0.379. The van der Waals surface area contributed by atoms with Crippen LogP contribution in [0.4, 0.5) is 5.69 Å². The number of phenols is 1. The Hall–Kier alpha value is -2.83. The lowest BCUT2D eigenvalue weighted by Crippen LogP contribution is -2.34. The highest BCUT2D eigenvalue weighted by molar-refractivity contribution is 7.80. The van der Waals surface area contributed by atoms with E-state index < -0.39 is 0 Å². The largest absolute Gasteiger partial charge is 0.508 e. The summed E-state index contributed by atoms with van der Waals surface area (Å²) in [5.74, 6) is 0.327. The van der Waals surface area contributed by atoms with Crippen LogP contribution in [-0.2, 0) is 0 Å². The van der Waals surface area contributed by atoms with Crippen molar-refractivity contribution in [3.8, 4) is 11.5 Å². The molecule has 0 atom stereocenters. The summed E-state index contributed by atoms with van der Waals surface area (Å²) in [6.45, 7) is 2.35. The zero-order chi connectivity index (χ0) is 19.4. The van der Waals surface area contributed by atoms with Crippen LogP contribution in [0.25, 0.3) is 10.8 Å². The molecule has 3 N–H and O–H groups in total. The van der Waals surface area contributed by atoms with E-state index in [1.165, 1.54) is 6.07 Å². The topological polar surface area (TPSA) is 70.6 Å². The van der Waals surface area contributed by atoms with Crippen molar-refractivity contribution >= 4 is 51.3 Å². The van der Waals surface area contributed by atoms with Crippen molar-refractivity contribution in [3.63, 3.8) is 0 Å². The highest BCUT2D eigenvalue weighted by Crippen LogP contribution is 2.27. The Morgan fingerprint density at radius 2 is 2.00 bits per heavy atom. The molecule has 0 saturated heterocycles. The number of hydrogen-bond donors (Lipinski definition) is 3. The SMILES string of the molecule is CCOc1ccc(C(=O)NC(=S)Nc2cccc3cc(O)ccc23)cc1Cl. The summed E-state index contributed by atoms with van der Waals surface area (Å²) in [7, 11) is 0. The number of amides is 1. The number of carbonyl (C=O) groups is 1. The van der Waals surface area contributed by atoms with Crippen molar-refractivity contribution in [1.29, 1.82) is 0 Å². The number of halogens is 1. The third kappa shape index (κ3) is 4.48. The first kappa shape index (κ1) is 18.9. The molecular formula is C20H17ClN2O3S. The Balaban J connectivity index is 1.73. The van der Waals surface area contributed by atoms with Gasteiger partial charge in [-0.2, -0.15) is 0 Å². The summed E-state index contributed by atoms with van der Waals surface area (Å²) in [5.41, 5.74) is 1.10. The monoisotopic (exact) mass is 400 g/mol. The van der Waals surface area contributed by atoms with E-state index >= 15 is 0 Å². The van der Waals surface area contributed by atoms with Crippen molar-refractivity contribution < 1.29 is 14.6 Å². The number of thiocarbonyl (C=S) groups is 1. The van der Waals surface area contributed by atoms with Gasteiger partial charge < -0.3 is 15.2 Å². The summed E-state index contributed by atoms with van der Waals surface area (Å²) in [6, 6.07) is 15.4. The fourth-order valence-electron chi connectivity index (χ4n) is 2.62. The van der Waals surface area contributed by atoms with Crippen molar-refractivity contribution in [1.82, 2.24) is 5.32 Å². The molecule has 0 radical (unpaired) electrons. The summed E-state index contributed by atoms with van der Waals surface area (Å²) >= 11 is 11.4. The smallest absolute Gasteiger partial charge is 0.257 e. The van der Waals surface area contributed by atoms with Gasteiger partial charge in [0, 0.05) is 16.6 Å². The van der Waals surface area contributed by atoms with E-state index in [9.17, 15) is 9.90 Å². The van der Waals surface area contributed by atoms with Gasteiger partial charge in [-0.3, -0.25) is 10.1 Å². The van der Waals surface area contributed by atoms with Crippen molar-refractivity contribution in [2.45, 2.75) is 6.92 Å². The quantitative estimate of drug-likeness (QED) is 0.552. The standard InChI is InChI=1S/C20H17ClN2O3S/c1-2-26-18-9-6-13(11-16(18)21)19(25)23-20(27)22-17-5-3-4-12-10-14(24)7-8-15(12)17/h3-11,24H,2H2,1H3,(H2,22,23,25,27). The van der Waals surface area contributed by atoms with Gasteiger partial charge in [-0.15, -0.1) is 0 Å². The molecule has 0 heterocycles. The minimum absolute atomic E-state index is 0.158. The molecule has 0 aliphatic rings. The van der Waals surface area contributed by atoms with E-state index in [0.717, 1.165) is 16.5 Å². The number of fused-ring (bicyclic) bond motifs is 1. The minimum Gasteiger partial charge on any atom is -0.508 e. The predicted molar refractivity (Wildman–Crippen MR) is 112 cm³/mol. The second-order valence-electron chi connectivity index (χ2n) is 5.70. The van der Waals surface area contributed by atoms with Gasteiger partial charge in [0.25, 0.3) is 5.91 Å². The normalized spacial score (nSPS) is 10.4. The number of anilines is 1. The van der Waals surface area contributed by atoms with Crippen LogP contribution in [0.1, 0.15) is 17.3 Å². The van der Waals surface area contributed by atoms with E-state index in [1.807, 2.05) is 25.1 Å². The maximum Gasteiger partial charge on any atom is 0.257 e. The van der Waals surface area contributed by atoms with Gasteiger partial charge in [0.15, 0.2) is 5.11 Å². The average Bonchev–Trinajstić information content (AvgIpc) is 2.63. The number of rotatable bonds is 4. The number of phenolic OH excluding ortho intramolecular Hbond substituents is 1. The molecule has 0 aromatic heterocycles. The molecule has 138 valence electrons. The van der Waals surface area contributed by atoms with Crippen LogP contribution < -0.4 is 15.4 Å². The van der Waals surface area contributed by atoms with Crippen LogP contribution in [-0.4, -0.2) is 22.7 Å². The Morgan fingerprint density at radius 3 is 2.74 bits per heavy atom. The van der Waals surface area contributed by atoms with E-state index in [-0.39, 0.29) is 16.8 Å². The van der Waals surface area contributed by atoms with E-state index in [2.05, 4.69) is 10.6 Å². The molecule has 3 aromatic carbocycles. The summed E-state index contributed by atoms with van der Waals surface area (Å²) in [5, 5.41) is 17.5. The molecule has 0 unspecified atom stereocenters. The number of ether oxygens (including phenoxy) is 1. The summed E-state index contributed by atoms with van der Waals surface area (Å²) in [4.78, 5) is 12.4.